The molecule has 1 aromatic carbocycles. The second kappa shape index (κ2) is 8.07. The molecule has 1 heterocycles. The molecule has 0 fully saturated rings. The van der Waals surface area contributed by atoms with Crippen LogP contribution in [0.5, 0.6) is 5.75 Å². The summed E-state index contributed by atoms with van der Waals surface area (Å²) in [4.78, 5) is 24.1. The number of esters is 2. The van der Waals surface area contributed by atoms with Crippen LogP contribution >= 0.6 is 0 Å². The van der Waals surface area contributed by atoms with Crippen molar-refractivity contribution in [3.63, 3.8) is 0 Å². The number of methoxy groups -OCH3 is 3. The molecule has 0 unspecified atom stereocenters. The zero-order chi connectivity index (χ0) is 19.3. The first-order chi connectivity index (χ1) is 12.5. The van der Waals surface area contributed by atoms with Crippen molar-refractivity contribution in [3.8, 4) is 11.8 Å². The van der Waals surface area contributed by atoms with Gasteiger partial charge in [0.2, 0.25) is 5.88 Å². The van der Waals surface area contributed by atoms with Crippen molar-refractivity contribution in [2.24, 2.45) is 5.73 Å². The van der Waals surface area contributed by atoms with Crippen LogP contribution in [-0.4, -0.2) is 33.3 Å². The molecule has 8 nitrogen and oxygen atoms in total. The van der Waals surface area contributed by atoms with E-state index in [1.165, 1.54) is 21.3 Å². The lowest BCUT2D eigenvalue weighted by atomic mass is 9.82. The molecule has 2 rings (SSSR count). The van der Waals surface area contributed by atoms with Crippen LogP contribution in [0.3, 0.4) is 0 Å². The standard InChI is InChI=1S/C18H18N2O6/c1-23-11-6-4-10(5-7-11)15-12(9-19)17(20)26-13(8-14(21)24-2)16(15)18(22)25-3/h4-7,15H,8,20H2,1-3H3/t15-/m1/s1. The summed E-state index contributed by atoms with van der Waals surface area (Å²) >= 11 is 0. The highest BCUT2D eigenvalue weighted by molar-refractivity contribution is 5.93. The molecule has 0 aromatic heterocycles. The first-order valence-corrected chi connectivity index (χ1v) is 7.56. The van der Waals surface area contributed by atoms with E-state index in [9.17, 15) is 14.9 Å². The first kappa shape index (κ1) is 18.9. The summed E-state index contributed by atoms with van der Waals surface area (Å²) in [5, 5.41) is 9.52. The number of carbonyl (C=O) groups excluding carboxylic acids is 2. The molecule has 0 bridgehead atoms. The highest BCUT2D eigenvalue weighted by Crippen LogP contribution is 2.40. The van der Waals surface area contributed by atoms with Gasteiger partial charge in [-0.25, -0.2) is 4.79 Å². The molecule has 136 valence electrons. The Bertz CT molecular complexity index is 817. The molecule has 0 saturated carbocycles. The lowest BCUT2D eigenvalue weighted by Gasteiger charge is -2.27. The predicted octanol–water partition coefficient (Wildman–Crippen LogP) is 1.49. The Morgan fingerprint density at radius 3 is 2.35 bits per heavy atom. The summed E-state index contributed by atoms with van der Waals surface area (Å²) in [5.74, 6) is -1.78. The van der Waals surface area contributed by atoms with E-state index in [0.717, 1.165) is 0 Å². The van der Waals surface area contributed by atoms with Gasteiger partial charge in [0, 0.05) is 0 Å². The summed E-state index contributed by atoms with van der Waals surface area (Å²) in [5.41, 5.74) is 6.52. The van der Waals surface area contributed by atoms with Crippen molar-refractivity contribution in [1.82, 2.24) is 0 Å². The number of ether oxygens (including phenoxy) is 4. The van der Waals surface area contributed by atoms with Crippen molar-refractivity contribution in [2.45, 2.75) is 12.3 Å². The van der Waals surface area contributed by atoms with Gasteiger partial charge in [-0.3, -0.25) is 4.79 Å². The largest absolute Gasteiger partial charge is 0.497 e. The zero-order valence-electron chi connectivity index (χ0n) is 14.6. The normalized spacial score (nSPS) is 16.5. The lowest BCUT2D eigenvalue weighted by Crippen LogP contribution is -2.26. The van der Waals surface area contributed by atoms with Gasteiger partial charge in [-0.2, -0.15) is 5.26 Å². The Kier molecular flexibility index (Phi) is 5.86. The molecule has 8 heteroatoms. The molecule has 0 amide bonds. The van der Waals surface area contributed by atoms with Gasteiger partial charge in [0.15, 0.2) is 0 Å². The van der Waals surface area contributed by atoms with E-state index in [1.807, 2.05) is 6.07 Å². The molecular formula is C18H18N2O6. The summed E-state index contributed by atoms with van der Waals surface area (Å²) < 4.78 is 20.0. The van der Waals surface area contributed by atoms with Gasteiger partial charge in [0.1, 0.15) is 29.6 Å². The SMILES string of the molecule is COC(=O)CC1=C(C(=O)OC)[C@H](c2ccc(OC)cc2)C(C#N)=C(N)O1. The number of benzene rings is 1. The molecule has 0 aliphatic carbocycles. The van der Waals surface area contributed by atoms with Crippen molar-refractivity contribution < 1.29 is 28.5 Å². The maximum absolute atomic E-state index is 12.4. The molecule has 2 N–H and O–H groups in total. The molecule has 1 aliphatic heterocycles. The van der Waals surface area contributed by atoms with Crippen LogP contribution in [0.2, 0.25) is 0 Å². The third kappa shape index (κ3) is 3.62. The maximum atomic E-state index is 12.4. The minimum atomic E-state index is -0.841. The van der Waals surface area contributed by atoms with E-state index < -0.39 is 17.9 Å². The minimum Gasteiger partial charge on any atom is -0.497 e. The van der Waals surface area contributed by atoms with Crippen LogP contribution < -0.4 is 10.5 Å². The summed E-state index contributed by atoms with van der Waals surface area (Å²) in [6.07, 6.45) is -0.326. The zero-order valence-corrected chi connectivity index (χ0v) is 14.6. The summed E-state index contributed by atoms with van der Waals surface area (Å²) in [6, 6.07) is 8.72. The summed E-state index contributed by atoms with van der Waals surface area (Å²) in [7, 11) is 3.94. The van der Waals surface area contributed by atoms with Gasteiger partial charge >= 0.3 is 11.9 Å². The van der Waals surface area contributed by atoms with Gasteiger partial charge in [0.25, 0.3) is 0 Å². The molecule has 1 aromatic rings. The molecule has 26 heavy (non-hydrogen) atoms. The molecule has 1 atom stereocenters. The number of rotatable bonds is 5. The number of carbonyl (C=O) groups is 2. The first-order valence-electron chi connectivity index (χ1n) is 7.56. The molecule has 0 saturated heterocycles. The Labute approximate surface area is 150 Å². The second-order valence-electron chi connectivity index (χ2n) is 5.28. The monoisotopic (exact) mass is 358 g/mol. The van der Waals surface area contributed by atoms with Crippen LogP contribution in [-0.2, 0) is 23.8 Å². The van der Waals surface area contributed by atoms with Crippen molar-refractivity contribution in [1.29, 1.82) is 5.26 Å². The number of hydrogen-bond acceptors (Lipinski definition) is 8. The fourth-order valence-electron chi connectivity index (χ4n) is 2.62. The van der Waals surface area contributed by atoms with E-state index in [2.05, 4.69) is 4.74 Å². The number of nitrogens with two attached hydrogens (primary N) is 1. The van der Waals surface area contributed by atoms with Crippen LogP contribution in [0.15, 0.2) is 47.1 Å². The number of nitrogens with zero attached hydrogens (tertiary/aromatic N) is 1. The Morgan fingerprint density at radius 1 is 1.19 bits per heavy atom. The Balaban J connectivity index is 2.64. The maximum Gasteiger partial charge on any atom is 0.338 e. The second-order valence-corrected chi connectivity index (χ2v) is 5.28. The van der Waals surface area contributed by atoms with Crippen LogP contribution in [0.25, 0.3) is 0 Å². The number of nitriles is 1. The lowest BCUT2D eigenvalue weighted by molar-refractivity contribution is -0.140. The molecule has 0 radical (unpaired) electrons. The topological polar surface area (TPSA) is 121 Å². The number of hydrogen-bond donors (Lipinski definition) is 1. The van der Waals surface area contributed by atoms with Gasteiger partial charge in [-0.05, 0) is 17.7 Å². The van der Waals surface area contributed by atoms with Crippen LogP contribution in [0, 0.1) is 11.3 Å². The average Bonchev–Trinajstić information content (AvgIpc) is 2.66. The third-order valence-corrected chi connectivity index (χ3v) is 3.88. The molecule has 1 aliphatic rings. The van der Waals surface area contributed by atoms with Crippen molar-refractivity contribution in [3.05, 3.63) is 52.6 Å². The minimum absolute atomic E-state index is 0.0129. The highest BCUT2D eigenvalue weighted by atomic mass is 16.5. The van der Waals surface area contributed by atoms with E-state index in [-0.39, 0.29) is 29.2 Å². The summed E-state index contributed by atoms with van der Waals surface area (Å²) in [6.45, 7) is 0. The highest BCUT2D eigenvalue weighted by Gasteiger charge is 2.38. The Morgan fingerprint density at radius 2 is 1.85 bits per heavy atom. The fraction of sp³-hybridized carbons (Fsp3) is 0.278. The average molecular weight is 358 g/mol. The molecular weight excluding hydrogens is 340 g/mol. The fourth-order valence-corrected chi connectivity index (χ4v) is 2.62. The molecule has 0 spiro atoms. The van der Waals surface area contributed by atoms with E-state index in [1.54, 1.807) is 24.3 Å². The predicted molar refractivity (Wildman–Crippen MR) is 89.3 cm³/mol. The van der Waals surface area contributed by atoms with E-state index in [0.29, 0.717) is 11.3 Å². The quantitative estimate of drug-likeness (QED) is 0.786. The number of allylic oxidation sites excluding steroid dienone is 1. The van der Waals surface area contributed by atoms with Crippen LogP contribution in [0.1, 0.15) is 17.9 Å². The van der Waals surface area contributed by atoms with E-state index in [4.69, 9.17) is 19.9 Å². The van der Waals surface area contributed by atoms with Gasteiger partial charge in [-0.1, -0.05) is 12.1 Å². The van der Waals surface area contributed by atoms with Crippen molar-refractivity contribution in [2.75, 3.05) is 21.3 Å². The Hall–Kier alpha value is -3.47. The smallest absolute Gasteiger partial charge is 0.338 e. The van der Waals surface area contributed by atoms with Gasteiger partial charge in [-0.15, -0.1) is 0 Å². The van der Waals surface area contributed by atoms with Gasteiger partial charge < -0.3 is 24.7 Å². The van der Waals surface area contributed by atoms with E-state index >= 15 is 0 Å². The van der Waals surface area contributed by atoms with Crippen LogP contribution in [0.4, 0.5) is 0 Å². The van der Waals surface area contributed by atoms with Crippen molar-refractivity contribution >= 4 is 11.9 Å². The van der Waals surface area contributed by atoms with Gasteiger partial charge in [0.05, 0.1) is 32.8 Å². The third-order valence-electron chi connectivity index (χ3n) is 3.88.